The van der Waals surface area contributed by atoms with Crippen molar-refractivity contribution < 1.29 is 63.3 Å². The number of aliphatic hydroxyl groups excluding tert-OH is 2. The van der Waals surface area contributed by atoms with Crippen LogP contribution in [0, 0.1) is 5.92 Å². The number of imidazole rings is 1. The molecule has 10 atom stereocenters. The minimum Gasteiger partial charge on any atom is -0.480 e. The maximum atomic E-state index is 14.2. The van der Waals surface area contributed by atoms with Crippen molar-refractivity contribution >= 4 is 71.1 Å². The third-order valence-corrected chi connectivity index (χ3v) is 12.6. The van der Waals surface area contributed by atoms with Crippen LogP contribution in [0.25, 0.3) is 0 Å². The topological polar surface area (TPSA) is 506 Å². The molecule has 0 spiro atoms. The number of carboxylic acids is 1. The van der Waals surface area contributed by atoms with Gasteiger partial charge in [0.15, 0.2) is 11.9 Å². The monoisotopic (exact) mass is 1160 g/mol. The van der Waals surface area contributed by atoms with E-state index >= 15 is 0 Å². The highest BCUT2D eigenvalue weighted by Crippen LogP contribution is 2.13. The number of nitrogens with zero attached hydrogens (tertiary/aromatic N) is 5. The van der Waals surface area contributed by atoms with Crippen LogP contribution in [0.5, 0.6) is 0 Å². The van der Waals surface area contributed by atoms with Crippen molar-refractivity contribution in [3.63, 3.8) is 0 Å². The van der Waals surface area contributed by atoms with Crippen molar-refractivity contribution in [2.45, 2.75) is 141 Å². The average Bonchev–Trinajstić information content (AvgIpc) is 3.99. The number of hydrogen-bond acceptors (Lipinski definition) is 16. The molecule has 0 aliphatic carbocycles. The van der Waals surface area contributed by atoms with Crippen LogP contribution in [-0.2, 0) is 60.8 Å². The quantitative estimate of drug-likeness (QED) is 0.0170. The van der Waals surface area contributed by atoms with Gasteiger partial charge in [-0.3, -0.25) is 57.9 Å². The number of guanidine groups is 2. The van der Waals surface area contributed by atoms with Gasteiger partial charge < -0.3 is 96.0 Å². The van der Waals surface area contributed by atoms with Crippen LogP contribution in [0.1, 0.15) is 84.9 Å². The second-order valence-electron chi connectivity index (χ2n) is 19.6. The van der Waals surface area contributed by atoms with Crippen LogP contribution in [0.4, 0.5) is 0 Å². The van der Waals surface area contributed by atoms with Crippen LogP contribution in [0.2, 0.25) is 0 Å². The number of aliphatic carboxylic acids is 1. The van der Waals surface area contributed by atoms with Crippen molar-refractivity contribution in [3.8, 4) is 0 Å². The number of carbonyl (C=O) groups is 10. The van der Waals surface area contributed by atoms with Crippen molar-refractivity contribution in [1.82, 2.24) is 57.0 Å². The van der Waals surface area contributed by atoms with E-state index in [4.69, 9.17) is 28.7 Å². The number of aromatic amines is 1. The highest BCUT2D eigenvalue weighted by molar-refractivity contribution is 5.98. The number of nitrogens with two attached hydrogens (primary N) is 5. The number of carboxylic acid groups (broad SMARTS) is 1. The molecule has 1 aromatic heterocycles. The molecule has 31 heteroatoms. The number of benzene rings is 1. The number of aromatic nitrogens is 2. The van der Waals surface area contributed by atoms with Crippen molar-refractivity contribution in [1.29, 1.82) is 0 Å². The van der Waals surface area contributed by atoms with Crippen LogP contribution in [0.15, 0.2) is 52.8 Å². The third-order valence-electron chi connectivity index (χ3n) is 12.6. The molecule has 82 heavy (non-hydrogen) atoms. The van der Waals surface area contributed by atoms with Crippen molar-refractivity contribution in [2.75, 3.05) is 45.8 Å². The van der Waals surface area contributed by atoms with Crippen LogP contribution in [0.3, 0.4) is 0 Å². The van der Waals surface area contributed by atoms with E-state index in [1.165, 1.54) is 19.4 Å². The summed E-state index contributed by atoms with van der Waals surface area (Å²) in [6, 6.07) is -1.42. The second-order valence-corrected chi connectivity index (χ2v) is 19.6. The van der Waals surface area contributed by atoms with Gasteiger partial charge >= 0.3 is 5.97 Å². The molecule has 21 N–H and O–H groups in total. The zero-order valence-corrected chi connectivity index (χ0v) is 47.3. The predicted molar refractivity (Wildman–Crippen MR) is 300 cm³/mol. The molecule has 0 bridgehead atoms. The minimum atomic E-state index is -1.85. The number of aliphatic hydroxyl groups is 2. The first-order valence-electron chi connectivity index (χ1n) is 26.8. The van der Waals surface area contributed by atoms with Crippen molar-refractivity contribution in [2.24, 2.45) is 44.6 Å². The summed E-state index contributed by atoms with van der Waals surface area (Å²) in [5.41, 5.74) is 28.5. The number of aliphatic imine (C=N–C) groups is 2. The summed E-state index contributed by atoms with van der Waals surface area (Å²) >= 11 is 0. The molecule has 2 rings (SSSR count). The lowest BCUT2D eigenvalue weighted by Crippen LogP contribution is -2.62. The summed E-state index contributed by atoms with van der Waals surface area (Å²) in [6.45, 7) is 7.05. The van der Waals surface area contributed by atoms with E-state index < -0.39 is 139 Å². The van der Waals surface area contributed by atoms with Crippen LogP contribution >= 0.6 is 0 Å². The van der Waals surface area contributed by atoms with E-state index in [2.05, 4.69) is 57.2 Å². The van der Waals surface area contributed by atoms with Gasteiger partial charge in [-0.05, 0) is 57.9 Å². The highest BCUT2D eigenvalue weighted by Gasteiger charge is 2.37. The normalized spacial score (nSPS) is 14.6. The number of nitrogens with one attached hydrogen (secondary N) is 8. The number of carbonyl (C=O) groups excluding carboxylic acids is 9. The zero-order valence-electron chi connectivity index (χ0n) is 47.3. The van der Waals surface area contributed by atoms with Gasteiger partial charge in [-0.2, -0.15) is 0 Å². The first kappa shape index (κ1) is 69.7. The maximum absolute atomic E-state index is 14.2. The molecule has 1 aromatic carbocycles. The predicted octanol–water partition coefficient (Wildman–Crippen LogP) is -5.76. The van der Waals surface area contributed by atoms with E-state index in [0.29, 0.717) is 30.5 Å². The van der Waals surface area contributed by atoms with E-state index in [0.717, 1.165) is 23.6 Å². The Morgan fingerprint density at radius 2 is 1.23 bits per heavy atom. The van der Waals surface area contributed by atoms with Gasteiger partial charge in [0, 0.05) is 50.9 Å². The average molecular weight is 1160 g/mol. The molecular weight excluding hydrogens is 1070 g/mol. The van der Waals surface area contributed by atoms with Gasteiger partial charge in [0.1, 0.15) is 42.8 Å². The molecule has 0 fully saturated rings. The van der Waals surface area contributed by atoms with Crippen molar-refractivity contribution in [3.05, 3.63) is 54.1 Å². The summed E-state index contributed by atoms with van der Waals surface area (Å²) in [7, 11) is 0. The second kappa shape index (κ2) is 36.0. The molecule has 0 saturated carbocycles. The molecule has 0 saturated heterocycles. The lowest BCUT2D eigenvalue weighted by atomic mass is 9.97. The fraction of sp³-hybridized carbons (Fsp3) is 0.588. The summed E-state index contributed by atoms with van der Waals surface area (Å²) in [6.07, 6.45) is 0.498. The fourth-order valence-electron chi connectivity index (χ4n) is 7.92. The molecule has 0 radical (unpaired) electrons. The largest absolute Gasteiger partial charge is 0.480 e. The lowest BCUT2D eigenvalue weighted by Gasteiger charge is -2.31. The lowest BCUT2D eigenvalue weighted by molar-refractivity contribution is -0.147. The smallest absolute Gasteiger partial charge is 0.323 e. The van der Waals surface area contributed by atoms with E-state index in [-0.39, 0.29) is 63.8 Å². The molecule has 31 nitrogen and oxygen atoms in total. The number of rotatable bonds is 37. The fourth-order valence-corrected chi connectivity index (χ4v) is 7.92. The Balaban J connectivity index is 2.33. The molecule has 456 valence electrons. The molecule has 9 amide bonds. The summed E-state index contributed by atoms with van der Waals surface area (Å²) in [4.78, 5) is 152. The van der Waals surface area contributed by atoms with E-state index in [9.17, 15) is 63.3 Å². The first-order valence-corrected chi connectivity index (χ1v) is 26.8. The summed E-state index contributed by atoms with van der Waals surface area (Å²) in [5.74, 6) is -9.98. The standard InChI is InChI=1S/C51H84N18O13/c1-7-19-69(26-39(74)75)49(82)40(28(3)8-2)65-37(72)25-68(20-13-18-59-51(55)56)38(73)24-60-47(80)41(30(5)70)67-48(81)42(31(6)71)66-46(79)36(22-33-23-57-27-61-33)64-45(78)35(21-32-14-10-9-11-15-32)63-43(76)29(4)62-44(77)34(52)16-12-17-58-50(53)54/h9-11,14-15,23,27-31,34-36,40-42,70-71H,7-8,12-13,16-22,24-26,52H2,1-6H3,(H,57,61)(H,60,80)(H,62,77)(H,63,76)(H,64,78)(H,65,72)(H,66,79)(H,67,81)(H,74,75)(H4,53,54,58)(H4,55,56,59)/t28?,29-,30+,31+,34-,35+,36-,40-,41-,42-/m0/s1. The van der Waals surface area contributed by atoms with Gasteiger partial charge in [0.25, 0.3) is 0 Å². The van der Waals surface area contributed by atoms with Gasteiger partial charge in [-0.15, -0.1) is 0 Å². The number of hydrogen-bond donors (Lipinski definition) is 16. The third kappa shape index (κ3) is 25.3. The molecule has 0 aliphatic heterocycles. The molecular formula is C51H84N18O13. The zero-order chi connectivity index (χ0) is 61.6. The van der Waals surface area contributed by atoms with E-state index in [1.807, 2.05) is 0 Å². The molecule has 0 aliphatic rings. The maximum Gasteiger partial charge on any atom is 0.323 e. The first-order chi connectivity index (χ1) is 38.7. The number of H-pyrrole nitrogens is 1. The Bertz CT molecular complexity index is 2470. The van der Waals surface area contributed by atoms with Crippen LogP contribution in [-0.4, -0.2) is 206 Å². The summed E-state index contributed by atoms with van der Waals surface area (Å²) < 4.78 is 0. The SMILES string of the molecule is CCCN(CC(=O)O)C(=O)[C@@H](NC(=O)CN(CCCN=C(N)N)C(=O)CNC(=O)[C@@H](NC(=O)[C@@H](NC(=O)[C@H](Cc1cnc[nH]1)NC(=O)[C@@H](Cc1ccccc1)NC(=O)[C@H](C)NC(=O)[C@@H](N)CCCN=C(N)N)[C@@H](C)O)[C@@H](C)O)C(C)CC. The van der Waals surface area contributed by atoms with E-state index in [1.54, 1.807) is 51.1 Å². The Morgan fingerprint density at radius 3 is 1.79 bits per heavy atom. The highest BCUT2D eigenvalue weighted by atomic mass is 16.4. The van der Waals surface area contributed by atoms with Crippen LogP contribution < -0.4 is 65.9 Å². The molecule has 2 aromatic rings. The Morgan fingerprint density at radius 1 is 0.659 bits per heavy atom. The van der Waals surface area contributed by atoms with Gasteiger partial charge in [0.05, 0.1) is 37.7 Å². The van der Waals surface area contributed by atoms with Gasteiger partial charge in [-0.1, -0.05) is 57.5 Å². The minimum absolute atomic E-state index is 0.0273. The molecule has 1 heterocycles. The Hall–Kier alpha value is -8.45. The number of amides is 9. The summed E-state index contributed by atoms with van der Waals surface area (Å²) in [5, 5.41) is 48.4. The van der Waals surface area contributed by atoms with Gasteiger partial charge in [0.2, 0.25) is 53.2 Å². The Kier molecular flexibility index (Phi) is 30.6. The van der Waals surface area contributed by atoms with Gasteiger partial charge in [-0.25, -0.2) is 4.98 Å². The Labute approximate surface area is 475 Å². The molecule has 1 unspecified atom stereocenters.